The Morgan fingerprint density at radius 1 is 1.30 bits per heavy atom. The van der Waals surface area contributed by atoms with Crippen molar-refractivity contribution in [2.75, 3.05) is 6.54 Å². The molecule has 104 valence electrons. The summed E-state index contributed by atoms with van der Waals surface area (Å²) >= 11 is 3.46. The molecule has 1 aromatic carbocycles. The molecule has 1 N–H and O–H groups in total. The smallest absolute Gasteiger partial charge is 0.395 e. The van der Waals surface area contributed by atoms with E-state index in [9.17, 15) is 14.9 Å². The number of nitro groups is 1. The van der Waals surface area contributed by atoms with Crippen LogP contribution in [0.15, 0.2) is 46.9 Å². The molecule has 0 fully saturated rings. The molecule has 0 spiro atoms. The summed E-state index contributed by atoms with van der Waals surface area (Å²) in [5, 5.41) is 13.1. The predicted octanol–water partition coefficient (Wildman–Crippen LogP) is 3.05. The second kappa shape index (κ2) is 6.33. The number of carbonyl (C=O) groups excluding carboxylic acids is 1. The molecule has 0 saturated heterocycles. The number of hydrogen-bond acceptors (Lipinski definition) is 4. The minimum absolute atomic E-state index is 0.0439. The number of halogens is 1. The highest BCUT2D eigenvalue weighted by Crippen LogP contribution is 2.21. The van der Waals surface area contributed by atoms with E-state index in [0.717, 1.165) is 11.6 Å². The SMILES string of the molecule is O=C(NCC(Br)c1ccccc1)c1ccc([N+](=O)[O-])o1. The summed E-state index contributed by atoms with van der Waals surface area (Å²) < 4.78 is 4.82. The molecule has 1 atom stereocenters. The van der Waals surface area contributed by atoms with Crippen LogP contribution < -0.4 is 5.32 Å². The first-order valence-electron chi connectivity index (χ1n) is 5.79. The Labute approximate surface area is 123 Å². The highest BCUT2D eigenvalue weighted by molar-refractivity contribution is 9.09. The van der Waals surface area contributed by atoms with Crippen molar-refractivity contribution >= 4 is 27.7 Å². The summed E-state index contributed by atoms with van der Waals surface area (Å²) in [5.74, 6) is -1.02. The highest BCUT2D eigenvalue weighted by Gasteiger charge is 2.18. The van der Waals surface area contributed by atoms with E-state index in [1.54, 1.807) is 0 Å². The molecule has 1 unspecified atom stereocenters. The standard InChI is InChI=1S/C13H11BrN2O4/c14-10(9-4-2-1-3-5-9)8-15-13(17)11-6-7-12(20-11)16(18)19/h1-7,10H,8H2,(H,15,17). The molecular formula is C13H11BrN2O4. The highest BCUT2D eigenvalue weighted by atomic mass is 79.9. The quantitative estimate of drug-likeness (QED) is 0.515. The molecule has 0 aliphatic heterocycles. The van der Waals surface area contributed by atoms with Gasteiger partial charge in [-0.15, -0.1) is 0 Å². The van der Waals surface area contributed by atoms with Gasteiger partial charge in [0, 0.05) is 6.54 Å². The largest absolute Gasteiger partial charge is 0.433 e. The van der Waals surface area contributed by atoms with Crippen LogP contribution >= 0.6 is 15.9 Å². The average Bonchev–Trinajstić information content (AvgIpc) is 2.95. The van der Waals surface area contributed by atoms with E-state index in [-0.39, 0.29) is 10.6 Å². The second-order valence-corrected chi connectivity index (χ2v) is 5.09. The van der Waals surface area contributed by atoms with Gasteiger partial charge in [0.2, 0.25) is 0 Å². The lowest BCUT2D eigenvalue weighted by Gasteiger charge is -2.10. The maximum atomic E-state index is 11.8. The van der Waals surface area contributed by atoms with Gasteiger partial charge in [0.1, 0.15) is 4.92 Å². The van der Waals surface area contributed by atoms with E-state index in [1.807, 2.05) is 30.3 Å². The third-order valence-electron chi connectivity index (χ3n) is 2.60. The monoisotopic (exact) mass is 338 g/mol. The van der Waals surface area contributed by atoms with Crippen molar-refractivity contribution in [2.45, 2.75) is 4.83 Å². The van der Waals surface area contributed by atoms with Crippen molar-refractivity contribution in [3.05, 3.63) is 63.9 Å². The maximum Gasteiger partial charge on any atom is 0.433 e. The van der Waals surface area contributed by atoms with Gasteiger partial charge in [-0.25, -0.2) is 0 Å². The molecule has 1 aromatic heterocycles. The molecule has 1 amide bonds. The van der Waals surface area contributed by atoms with Crippen molar-refractivity contribution in [3.8, 4) is 0 Å². The van der Waals surface area contributed by atoms with Crippen LogP contribution in [0, 0.1) is 10.1 Å². The predicted molar refractivity (Wildman–Crippen MR) is 75.8 cm³/mol. The van der Waals surface area contributed by atoms with E-state index in [1.165, 1.54) is 6.07 Å². The minimum Gasteiger partial charge on any atom is -0.395 e. The Hall–Kier alpha value is -2.15. The minimum atomic E-state index is -0.686. The molecule has 7 heteroatoms. The first-order chi connectivity index (χ1) is 9.58. The molecule has 2 rings (SSSR count). The van der Waals surface area contributed by atoms with Crippen molar-refractivity contribution in [1.29, 1.82) is 0 Å². The van der Waals surface area contributed by atoms with Crippen LogP contribution in [0.4, 0.5) is 5.88 Å². The zero-order valence-electron chi connectivity index (χ0n) is 10.3. The van der Waals surface area contributed by atoms with Gasteiger partial charge in [0.25, 0.3) is 5.91 Å². The zero-order valence-corrected chi connectivity index (χ0v) is 11.9. The third kappa shape index (κ3) is 3.45. The molecule has 6 nitrogen and oxygen atoms in total. The molecule has 1 heterocycles. The number of furan rings is 1. The normalized spacial score (nSPS) is 11.8. The third-order valence-corrected chi connectivity index (χ3v) is 3.45. The lowest BCUT2D eigenvalue weighted by atomic mass is 10.1. The average molecular weight is 339 g/mol. The van der Waals surface area contributed by atoms with Crippen molar-refractivity contribution in [1.82, 2.24) is 5.32 Å². The fraction of sp³-hybridized carbons (Fsp3) is 0.154. The van der Waals surface area contributed by atoms with Crippen LogP contribution in [-0.4, -0.2) is 17.4 Å². The molecule has 2 aromatic rings. The molecule has 0 aliphatic carbocycles. The van der Waals surface area contributed by atoms with Gasteiger partial charge in [0.05, 0.1) is 10.9 Å². The topological polar surface area (TPSA) is 85.4 Å². The zero-order chi connectivity index (χ0) is 14.5. The number of nitrogens with zero attached hydrogens (tertiary/aromatic N) is 1. The van der Waals surface area contributed by atoms with Gasteiger partial charge in [-0.1, -0.05) is 46.3 Å². The van der Waals surface area contributed by atoms with Crippen molar-refractivity contribution in [3.63, 3.8) is 0 Å². The second-order valence-electron chi connectivity index (χ2n) is 3.98. The summed E-state index contributed by atoms with van der Waals surface area (Å²) in [6.07, 6.45) is 0. The van der Waals surface area contributed by atoms with E-state index in [4.69, 9.17) is 4.42 Å². The number of rotatable bonds is 5. The molecular weight excluding hydrogens is 328 g/mol. The molecule has 0 radical (unpaired) electrons. The number of benzene rings is 1. The summed E-state index contributed by atoms with van der Waals surface area (Å²) in [4.78, 5) is 21.5. The summed E-state index contributed by atoms with van der Waals surface area (Å²) in [6.45, 7) is 0.345. The van der Waals surface area contributed by atoms with E-state index >= 15 is 0 Å². The number of alkyl halides is 1. The fourth-order valence-corrected chi connectivity index (χ4v) is 2.06. The lowest BCUT2D eigenvalue weighted by Crippen LogP contribution is -2.26. The van der Waals surface area contributed by atoms with Crippen LogP contribution in [0.2, 0.25) is 0 Å². The molecule has 0 bridgehead atoms. The molecule has 0 saturated carbocycles. The first kappa shape index (κ1) is 14.3. The van der Waals surface area contributed by atoms with Crippen LogP contribution in [0.1, 0.15) is 20.9 Å². The fourth-order valence-electron chi connectivity index (χ4n) is 1.60. The van der Waals surface area contributed by atoms with Crippen LogP contribution in [0.25, 0.3) is 0 Å². The van der Waals surface area contributed by atoms with Crippen LogP contribution in [-0.2, 0) is 0 Å². The van der Waals surface area contributed by atoms with Gasteiger partial charge < -0.3 is 9.73 Å². The maximum absolute atomic E-state index is 11.8. The number of nitrogens with one attached hydrogen (secondary N) is 1. The van der Waals surface area contributed by atoms with Gasteiger partial charge in [-0.05, 0) is 11.6 Å². The number of hydrogen-bond donors (Lipinski definition) is 1. The lowest BCUT2D eigenvalue weighted by molar-refractivity contribution is -0.402. The van der Waals surface area contributed by atoms with Crippen LogP contribution in [0.5, 0.6) is 0 Å². The summed E-state index contributed by atoms with van der Waals surface area (Å²) in [7, 11) is 0. The molecule has 20 heavy (non-hydrogen) atoms. The summed E-state index contributed by atoms with van der Waals surface area (Å²) in [6, 6.07) is 12.0. The van der Waals surface area contributed by atoms with Crippen molar-refractivity contribution in [2.24, 2.45) is 0 Å². The van der Waals surface area contributed by atoms with Crippen molar-refractivity contribution < 1.29 is 14.1 Å². The van der Waals surface area contributed by atoms with Crippen LogP contribution in [0.3, 0.4) is 0 Å². The number of carbonyl (C=O) groups is 1. The van der Waals surface area contributed by atoms with Gasteiger partial charge in [-0.3, -0.25) is 14.9 Å². The van der Waals surface area contributed by atoms with Gasteiger partial charge in [-0.2, -0.15) is 0 Å². The Bertz CT molecular complexity index is 612. The Balaban J connectivity index is 1.93. The Kier molecular flexibility index (Phi) is 4.52. The van der Waals surface area contributed by atoms with E-state index in [2.05, 4.69) is 21.2 Å². The van der Waals surface area contributed by atoms with E-state index < -0.39 is 16.7 Å². The first-order valence-corrected chi connectivity index (χ1v) is 6.71. The molecule has 0 aliphatic rings. The van der Waals surface area contributed by atoms with E-state index in [0.29, 0.717) is 6.54 Å². The van der Waals surface area contributed by atoms with Gasteiger partial charge >= 0.3 is 5.88 Å². The number of amides is 1. The van der Waals surface area contributed by atoms with Gasteiger partial charge in [0.15, 0.2) is 5.76 Å². The Morgan fingerprint density at radius 2 is 2.00 bits per heavy atom. The Morgan fingerprint density at radius 3 is 2.60 bits per heavy atom. The summed E-state index contributed by atoms with van der Waals surface area (Å²) in [5.41, 5.74) is 1.03.